The van der Waals surface area contributed by atoms with Crippen LogP contribution in [0.25, 0.3) is 0 Å². The van der Waals surface area contributed by atoms with Gasteiger partial charge in [-0.3, -0.25) is 4.90 Å². The van der Waals surface area contributed by atoms with Crippen molar-refractivity contribution in [1.82, 2.24) is 9.88 Å². The molecule has 0 aliphatic carbocycles. The molecule has 6 nitrogen and oxygen atoms in total. The van der Waals surface area contributed by atoms with Crippen LogP contribution in [0.2, 0.25) is 0 Å². The van der Waals surface area contributed by atoms with Crippen LogP contribution in [0.1, 0.15) is 5.56 Å². The van der Waals surface area contributed by atoms with Gasteiger partial charge in [-0.15, -0.1) is 0 Å². The van der Waals surface area contributed by atoms with E-state index in [2.05, 4.69) is 49.7 Å². The van der Waals surface area contributed by atoms with Crippen LogP contribution in [0.5, 0.6) is 0 Å². The summed E-state index contributed by atoms with van der Waals surface area (Å²) in [5.41, 5.74) is 4.57. The summed E-state index contributed by atoms with van der Waals surface area (Å²) in [7, 11) is 5.83. The van der Waals surface area contributed by atoms with Crippen LogP contribution < -0.4 is 15.5 Å². The second kappa shape index (κ2) is 8.18. The van der Waals surface area contributed by atoms with Gasteiger partial charge in [-0.2, -0.15) is 0 Å². The fraction of sp³-hybridized carbons (Fsp3) is 0.421. The van der Waals surface area contributed by atoms with Gasteiger partial charge in [0, 0.05) is 82.3 Å². The summed E-state index contributed by atoms with van der Waals surface area (Å²) in [6, 6.07) is 10.4. The van der Waals surface area contributed by atoms with Gasteiger partial charge in [0.2, 0.25) is 0 Å². The average Bonchev–Trinajstić information content (AvgIpc) is 2.81. The molecule has 2 N–H and O–H groups in total. The molecule has 25 heavy (non-hydrogen) atoms. The Labute approximate surface area is 149 Å². The summed E-state index contributed by atoms with van der Waals surface area (Å²) in [6.07, 6.45) is 1.96. The third kappa shape index (κ3) is 4.61. The molecule has 6 heteroatoms. The first-order valence-corrected chi connectivity index (χ1v) is 8.64. The lowest BCUT2D eigenvalue weighted by atomic mass is 10.2. The molecule has 0 atom stereocenters. The number of ether oxygens (including phenoxy) is 1. The van der Waals surface area contributed by atoms with E-state index in [4.69, 9.17) is 4.74 Å². The highest BCUT2D eigenvalue weighted by Gasteiger charge is 2.14. The molecule has 1 aromatic carbocycles. The van der Waals surface area contributed by atoms with Crippen molar-refractivity contribution in [3.63, 3.8) is 0 Å². The summed E-state index contributed by atoms with van der Waals surface area (Å²) >= 11 is 0. The molecule has 0 saturated heterocycles. The highest BCUT2D eigenvalue weighted by molar-refractivity contribution is 5.66. The maximum absolute atomic E-state index is 5.19. The first-order chi connectivity index (χ1) is 12.2. The maximum Gasteiger partial charge on any atom is 0.132 e. The normalized spacial score (nSPS) is 14.4. The zero-order chi connectivity index (χ0) is 17.6. The van der Waals surface area contributed by atoms with Crippen molar-refractivity contribution in [1.29, 1.82) is 0 Å². The first-order valence-electron chi connectivity index (χ1n) is 8.64. The lowest BCUT2D eigenvalue weighted by molar-refractivity contribution is 0.147. The van der Waals surface area contributed by atoms with Crippen molar-refractivity contribution in [3.8, 4) is 0 Å². The Morgan fingerprint density at radius 1 is 1.32 bits per heavy atom. The third-order valence-electron chi connectivity index (χ3n) is 4.37. The summed E-state index contributed by atoms with van der Waals surface area (Å²) in [4.78, 5) is 9.07. The number of rotatable bonds is 6. The molecule has 0 unspecified atom stereocenters. The van der Waals surface area contributed by atoms with Crippen LogP contribution in [-0.4, -0.2) is 57.3 Å². The second-order valence-corrected chi connectivity index (χ2v) is 6.49. The molecule has 134 valence electrons. The Bertz CT molecular complexity index is 704. The molecule has 0 spiro atoms. The number of nitrogens with one attached hydrogen (secondary N) is 2. The Balaban J connectivity index is 1.73. The SMILES string of the molecule is COCCN1CCNc2cc(Nc3cccc(N(C)C)c3)ncc2C1. The smallest absolute Gasteiger partial charge is 0.132 e. The Morgan fingerprint density at radius 3 is 3.00 bits per heavy atom. The van der Waals surface area contributed by atoms with Crippen molar-refractivity contribution >= 4 is 22.9 Å². The monoisotopic (exact) mass is 341 g/mol. The molecule has 0 saturated carbocycles. The van der Waals surface area contributed by atoms with Crippen LogP contribution in [-0.2, 0) is 11.3 Å². The van der Waals surface area contributed by atoms with Crippen molar-refractivity contribution in [3.05, 3.63) is 42.1 Å². The lowest BCUT2D eigenvalue weighted by Crippen LogP contribution is -2.29. The van der Waals surface area contributed by atoms with Crippen LogP contribution >= 0.6 is 0 Å². The molecule has 1 aliphatic heterocycles. The van der Waals surface area contributed by atoms with Crippen LogP contribution in [0, 0.1) is 0 Å². The van der Waals surface area contributed by atoms with E-state index in [0.29, 0.717) is 0 Å². The number of hydrogen-bond acceptors (Lipinski definition) is 6. The number of anilines is 4. The fourth-order valence-electron chi connectivity index (χ4n) is 2.93. The molecule has 0 amide bonds. The number of benzene rings is 1. The zero-order valence-electron chi connectivity index (χ0n) is 15.2. The number of methoxy groups -OCH3 is 1. The lowest BCUT2D eigenvalue weighted by Gasteiger charge is -2.19. The van der Waals surface area contributed by atoms with Gasteiger partial charge in [-0.1, -0.05) is 6.07 Å². The molecule has 3 rings (SSSR count). The number of hydrogen-bond donors (Lipinski definition) is 2. The number of nitrogens with zero attached hydrogens (tertiary/aromatic N) is 3. The Hall–Kier alpha value is -2.31. The summed E-state index contributed by atoms with van der Waals surface area (Å²) in [5, 5.41) is 6.92. The van der Waals surface area contributed by atoms with Crippen LogP contribution in [0.3, 0.4) is 0 Å². The minimum atomic E-state index is 0.755. The summed E-state index contributed by atoms with van der Waals surface area (Å²) < 4.78 is 5.19. The van der Waals surface area contributed by atoms with Gasteiger partial charge in [-0.25, -0.2) is 4.98 Å². The van der Waals surface area contributed by atoms with Crippen molar-refractivity contribution in [2.45, 2.75) is 6.54 Å². The van der Waals surface area contributed by atoms with E-state index in [-0.39, 0.29) is 0 Å². The maximum atomic E-state index is 5.19. The van der Waals surface area contributed by atoms with E-state index < -0.39 is 0 Å². The summed E-state index contributed by atoms with van der Waals surface area (Å²) in [5.74, 6) is 0.854. The van der Waals surface area contributed by atoms with Crippen molar-refractivity contribution < 1.29 is 4.74 Å². The average molecular weight is 341 g/mol. The molecule has 0 bridgehead atoms. The molecule has 2 heterocycles. The van der Waals surface area contributed by atoms with Crippen molar-refractivity contribution in [2.24, 2.45) is 0 Å². The van der Waals surface area contributed by atoms with Gasteiger partial charge in [-0.05, 0) is 18.2 Å². The second-order valence-electron chi connectivity index (χ2n) is 6.49. The highest BCUT2D eigenvalue weighted by atomic mass is 16.5. The number of pyridine rings is 1. The first kappa shape index (κ1) is 17.5. The summed E-state index contributed by atoms with van der Waals surface area (Å²) in [6.45, 7) is 4.52. The Kier molecular flexibility index (Phi) is 5.73. The van der Waals surface area contributed by atoms with Gasteiger partial charge >= 0.3 is 0 Å². The standard InChI is InChI=1S/C19H27N5O/c1-23(2)17-6-4-5-16(11-17)22-19-12-18-15(13-21-19)14-24(8-7-20-18)9-10-25-3/h4-6,11-13,20H,7-10,14H2,1-3H3,(H,21,22). The molecule has 1 aliphatic rings. The topological polar surface area (TPSA) is 52.7 Å². The van der Waals surface area contributed by atoms with E-state index in [0.717, 1.165) is 55.7 Å². The predicted molar refractivity (Wildman–Crippen MR) is 104 cm³/mol. The van der Waals surface area contributed by atoms with Crippen LogP contribution in [0.15, 0.2) is 36.5 Å². The minimum Gasteiger partial charge on any atom is -0.383 e. The van der Waals surface area contributed by atoms with E-state index in [1.807, 2.05) is 26.4 Å². The van der Waals surface area contributed by atoms with Gasteiger partial charge in [0.15, 0.2) is 0 Å². The molecule has 1 aromatic heterocycles. The molecule has 0 radical (unpaired) electrons. The molecule has 0 fully saturated rings. The van der Waals surface area contributed by atoms with Gasteiger partial charge in [0.25, 0.3) is 0 Å². The van der Waals surface area contributed by atoms with Crippen LogP contribution in [0.4, 0.5) is 22.9 Å². The number of fused-ring (bicyclic) bond motifs is 1. The quantitative estimate of drug-likeness (QED) is 0.843. The molecular formula is C19H27N5O. The number of aromatic nitrogens is 1. The van der Waals surface area contributed by atoms with E-state index in [1.54, 1.807) is 7.11 Å². The predicted octanol–water partition coefficient (Wildman–Crippen LogP) is 2.77. The van der Waals surface area contributed by atoms with Gasteiger partial charge in [0.05, 0.1) is 6.61 Å². The largest absolute Gasteiger partial charge is 0.383 e. The van der Waals surface area contributed by atoms with Gasteiger partial charge in [0.1, 0.15) is 5.82 Å². The highest BCUT2D eigenvalue weighted by Crippen LogP contribution is 2.25. The zero-order valence-corrected chi connectivity index (χ0v) is 15.2. The fourth-order valence-corrected chi connectivity index (χ4v) is 2.93. The molecule has 2 aromatic rings. The molecular weight excluding hydrogens is 314 g/mol. The minimum absolute atomic E-state index is 0.755. The van der Waals surface area contributed by atoms with E-state index in [1.165, 1.54) is 5.56 Å². The Morgan fingerprint density at radius 2 is 2.20 bits per heavy atom. The third-order valence-corrected chi connectivity index (χ3v) is 4.37. The van der Waals surface area contributed by atoms with E-state index in [9.17, 15) is 0 Å². The van der Waals surface area contributed by atoms with Crippen molar-refractivity contribution in [2.75, 3.05) is 63.0 Å². The van der Waals surface area contributed by atoms with Gasteiger partial charge < -0.3 is 20.3 Å². The van der Waals surface area contributed by atoms with E-state index >= 15 is 0 Å².